The van der Waals surface area contributed by atoms with Gasteiger partial charge in [-0.05, 0) is 36.4 Å². The molecule has 1 aliphatic rings. The summed E-state index contributed by atoms with van der Waals surface area (Å²) in [4.78, 5) is 4.59. The molecule has 1 aromatic heterocycles. The number of hydrogen-bond donors (Lipinski definition) is 1. The molecule has 0 spiro atoms. The highest BCUT2D eigenvalue weighted by Gasteiger charge is 2.21. The van der Waals surface area contributed by atoms with E-state index in [2.05, 4.69) is 11.9 Å². The number of piperazine rings is 1. The molecule has 1 aromatic carbocycles. The van der Waals surface area contributed by atoms with Crippen molar-refractivity contribution >= 4 is 28.8 Å². The van der Waals surface area contributed by atoms with Crippen molar-refractivity contribution in [3.8, 4) is 11.3 Å². The summed E-state index contributed by atoms with van der Waals surface area (Å²) in [6, 6.07) is 11.5. The molecule has 0 unspecified atom stereocenters. The molecule has 0 radical (unpaired) electrons. The predicted octanol–water partition coefficient (Wildman–Crippen LogP) is 2.11. The standard InChI is InChI=1S/C16H17ClN2OS/c1-18-8-10-19(11-9-18)16(21)15-7-6-14(20-15)12-2-4-13(17)5-3-12/h2-7H,8-11H2,1H3/p+1. The van der Waals surface area contributed by atoms with Crippen LogP contribution in [0, 0.1) is 0 Å². The minimum absolute atomic E-state index is 0.723. The highest BCUT2D eigenvalue weighted by molar-refractivity contribution is 7.80. The van der Waals surface area contributed by atoms with Crippen molar-refractivity contribution in [3.05, 3.63) is 47.2 Å². The van der Waals surface area contributed by atoms with Crippen molar-refractivity contribution in [1.82, 2.24) is 4.90 Å². The van der Waals surface area contributed by atoms with E-state index in [1.807, 2.05) is 36.4 Å². The van der Waals surface area contributed by atoms with Gasteiger partial charge in [-0.1, -0.05) is 23.8 Å². The first kappa shape index (κ1) is 14.6. The van der Waals surface area contributed by atoms with E-state index in [1.54, 1.807) is 4.90 Å². The van der Waals surface area contributed by atoms with Gasteiger partial charge in [0.25, 0.3) is 0 Å². The van der Waals surface area contributed by atoms with Crippen LogP contribution in [-0.2, 0) is 0 Å². The summed E-state index contributed by atoms with van der Waals surface area (Å²) in [5.41, 5.74) is 1.01. The first-order valence-corrected chi connectivity index (χ1v) is 7.88. The molecule has 1 aliphatic heterocycles. The summed E-state index contributed by atoms with van der Waals surface area (Å²) in [6.45, 7) is 4.21. The number of furan rings is 1. The van der Waals surface area contributed by atoms with Gasteiger partial charge in [-0.3, -0.25) is 0 Å². The summed E-state index contributed by atoms with van der Waals surface area (Å²) < 4.78 is 5.92. The highest BCUT2D eigenvalue weighted by Crippen LogP contribution is 2.24. The molecule has 0 atom stereocenters. The lowest BCUT2D eigenvalue weighted by atomic mass is 10.2. The molecule has 5 heteroatoms. The number of thiocarbonyl (C=S) groups is 1. The van der Waals surface area contributed by atoms with Gasteiger partial charge < -0.3 is 14.2 Å². The Labute approximate surface area is 135 Å². The second kappa shape index (κ2) is 6.18. The van der Waals surface area contributed by atoms with Crippen LogP contribution in [0.3, 0.4) is 0 Å². The molecular formula is C16H18ClN2OS+. The molecule has 110 valence electrons. The third-order valence-corrected chi connectivity index (χ3v) is 4.56. The zero-order valence-electron chi connectivity index (χ0n) is 11.9. The van der Waals surface area contributed by atoms with E-state index in [1.165, 1.54) is 0 Å². The number of nitrogens with one attached hydrogen (secondary N) is 1. The maximum Gasteiger partial charge on any atom is 0.162 e. The minimum Gasteiger partial charge on any atom is -0.454 e. The first-order valence-electron chi connectivity index (χ1n) is 7.10. The fourth-order valence-electron chi connectivity index (χ4n) is 2.47. The van der Waals surface area contributed by atoms with Crippen molar-refractivity contribution in [1.29, 1.82) is 0 Å². The van der Waals surface area contributed by atoms with E-state index >= 15 is 0 Å². The van der Waals surface area contributed by atoms with Gasteiger partial charge in [0.2, 0.25) is 0 Å². The number of likely N-dealkylation sites (N-methyl/N-ethyl adjacent to an activating group) is 1. The third-order valence-electron chi connectivity index (χ3n) is 3.85. The molecule has 2 aromatic rings. The maximum atomic E-state index is 5.92. The van der Waals surface area contributed by atoms with Gasteiger partial charge in [0.15, 0.2) is 5.76 Å². The van der Waals surface area contributed by atoms with E-state index in [9.17, 15) is 0 Å². The van der Waals surface area contributed by atoms with Gasteiger partial charge in [-0.2, -0.15) is 0 Å². The van der Waals surface area contributed by atoms with Crippen molar-refractivity contribution < 1.29 is 9.32 Å². The average molecular weight is 322 g/mol. The van der Waals surface area contributed by atoms with Crippen LogP contribution in [0.25, 0.3) is 11.3 Å². The molecule has 3 nitrogen and oxygen atoms in total. The molecule has 2 heterocycles. The Morgan fingerprint density at radius 3 is 2.48 bits per heavy atom. The van der Waals surface area contributed by atoms with Gasteiger partial charge in [-0.25, -0.2) is 0 Å². The lowest BCUT2D eigenvalue weighted by molar-refractivity contribution is -0.883. The number of rotatable bonds is 2. The summed E-state index contributed by atoms with van der Waals surface area (Å²) in [5, 5.41) is 0.723. The summed E-state index contributed by atoms with van der Waals surface area (Å²) in [6.07, 6.45) is 0. The van der Waals surface area contributed by atoms with E-state index in [0.29, 0.717) is 0 Å². The molecule has 21 heavy (non-hydrogen) atoms. The fraction of sp³-hybridized carbons (Fsp3) is 0.312. The summed E-state index contributed by atoms with van der Waals surface area (Å²) >= 11 is 11.5. The lowest BCUT2D eigenvalue weighted by Gasteiger charge is -2.31. The van der Waals surface area contributed by atoms with Crippen LogP contribution in [-0.4, -0.2) is 43.1 Å². The van der Waals surface area contributed by atoms with Crippen molar-refractivity contribution in [2.24, 2.45) is 0 Å². The average Bonchev–Trinajstić information content (AvgIpc) is 2.98. The number of benzene rings is 1. The zero-order chi connectivity index (χ0) is 14.8. The zero-order valence-corrected chi connectivity index (χ0v) is 13.5. The largest absolute Gasteiger partial charge is 0.454 e. The van der Waals surface area contributed by atoms with E-state index < -0.39 is 0 Å². The fourth-order valence-corrected chi connectivity index (χ4v) is 2.89. The van der Waals surface area contributed by atoms with Crippen molar-refractivity contribution in [3.63, 3.8) is 0 Å². The van der Waals surface area contributed by atoms with Gasteiger partial charge in [0.1, 0.15) is 10.7 Å². The first-order chi connectivity index (χ1) is 10.1. The Hall–Kier alpha value is -1.36. The maximum absolute atomic E-state index is 5.92. The molecule has 3 rings (SSSR count). The van der Waals surface area contributed by atoms with Crippen LogP contribution in [0.1, 0.15) is 5.76 Å². The quantitative estimate of drug-likeness (QED) is 0.856. The van der Waals surface area contributed by atoms with Crippen LogP contribution >= 0.6 is 23.8 Å². The summed E-state index contributed by atoms with van der Waals surface area (Å²) in [5.74, 6) is 1.60. The molecule has 1 saturated heterocycles. The van der Waals surface area contributed by atoms with E-state index in [4.69, 9.17) is 28.2 Å². The molecular weight excluding hydrogens is 304 g/mol. The molecule has 0 bridgehead atoms. The highest BCUT2D eigenvalue weighted by atomic mass is 35.5. The summed E-state index contributed by atoms with van der Waals surface area (Å²) in [7, 11) is 2.21. The Bertz CT molecular complexity index is 630. The van der Waals surface area contributed by atoms with Crippen LogP contribution in [0.5, 0.6) is 0 Å². The van der Waals surface area contributed by atoms with Crippen LogP contribution in [0.4, 0.5) is 0 Å². The van der Waals surface area contributed by atoms with Crippen molar-refractivity contribution in [2.75, 3.05) is 33.2 Å². The number of halogens is 1. The van der Waals surface area contributed by atoms with Crippen LogP contribution in [0.15, 0.2) is 40.8 Å². The van der Waals surface area contributed by atoms with Gasteiger partial charge >= 0.3 is 0 Å². The van der Waals surface area contributed by atoms with Gasteiger partial charge in [0, 0.05) is 10.6 Å². The second-order valence-corrected chi connectivity index (χ2v) is 6.24. The van der Waals surface area contributed by atoms with Gasteiger partial charge in [-0.15, -0.1) is 0 Å². The van der Waals surface area contributed by atoms with Gasteiger partial charge in [0.05, 0.1) is 33.2 Å². The number of nitrogens with zero attached hydrogens (tertiary/aromatic N) is 1. The van der Waals surface area contributed by atoms with E-state index in [-0.39, 0.29) is 0 Å². The van der Waals surface area contributed by atoms with Crippen LogP contribution < -0.4 is 4.90 Å². The second-order valence-electron chi connectivity index (χ2n) is 5.42. The Balaban J connectivity index is 1.75. The Morgan fingerprint density at radius 1 is 1.14 bits per heavy atom. The minimum atomic E-state index is 0.723. The topological polar surface area (TPSA) is 20.8 Å². The lowest BCUT2D eigenvalue weighted by Crippen LogP contribution is -3.12. The molecule has 1 fully saturated rings. The normalized spacial score (nSPS) is 16.2. The monoisotopic (exact) mass is 321 g/mol. The third kappa shape index (κ3) is 3.28. The Morgan fingerprint density at radius 2 is 1.81 bits per heavy atom. The smallest absolute Gasteiger partial charge is 0.162 e. The predicted molar refractivity (Wildman–Crippen MR) is 89.0 cm³/mol. The van der Waals surface area contributed by atoms with E-state index in [0.717, 1.165) is 53.3 Å². The SMILES string of the molecule is C[NH+]1CCN(C(=S)c2ccc(-c3ccc(Cl)cc3)o2)CC1. The molecule has 0 saturated carbocycles. The number of quaternary nitrogens is 1. The molecule has 0 aliphatic carbocycles. The molecule has 1 N–H and O–H groups in total. The Kier molecular flexibility index (Phi) is 4.29. The molecule has 0 amide bonds. The number of hydrogen-bond acceptors (Lipinski definition) is 2. The van der Waals surface area contributed by atoms with Crippen LogP contribution in [0.2, 0.25) is 5.02 Å². The van der Waals surface area contributed by atoms with Crippen molar-refractivity contribution in [2.45, 2.75) is 0 Å².